The van der Waals surface area contributed by atoms with Gasteiger partial charge in [0.15, 0.2) is 18.3 Å². The van der Waals surface area contributed by atoms with Crippen LogP contribution in [0, 0.1) is 6.92 Å². The smallest absolute Gasteiger partial charge is 0.335 e. The van der Waals surface area contributed by atoms with Crippen LogP contribution in [0.1, 0.15) is 32.8 Å². The third kappa shape index (κ3) is 2.20. The van der Waals surface area contributed by atoms with E-state index in [0.29, 0.717) is 18.2 Å². The molecule has 1 aromatic heterocycles. The molecule has 0 spiro atoms. The maximum Gasteiger partial charge on any atom is 0.335 e. The summed E-state index contributed by atoms with van der Waals surface area (Å²) in [5.41, 5.74) is 2.45. The summed E-state index contributed by atoms with van der Waals surface area (Å²) < 4.78 is 5.67. The van der Waals surface area contributed by atoms with Crippen LogP contribution in [0.25, 0.3) is 0 Å². The third-order valence-electron chi connectivity index (χ3n) is 4.49. The molecule has 7 heteroatoms. The predicted molar refractivity (Wildman–Crippen MR) is 87.1 cm³/mol. The highest BCUT2D eigenvalue weighted by atomic mass is 16.5. The van der Waals surface area contributed by atoms with Gasteiger partial charge in [-0.1, -0.05) is 0 Å². The Morgan fingerprint density at radius 1 is 1.25 bits per heavy atom. The van der Waals surface area contributed by atoms with Gasteiger partial charge in [-0.05, 0) is 37.1 Å². The van der Waals surface area contributed by atoms with E-state index < -0.39 is 5.97 Å². The van der Waals surface area contributed by atoms with Gasteiger partial charge in [0.05, 0.1) is 5.56 Å². The number of aryl methyl sites for hydroxylation is 1. The molecule has 2 aliphatic rings. The van der Waals surface area contributed by atoms with Gasteiger partial charge in [0.25, 0.3) is 5.91 Å². The summed E-state index contributed by atoms with van der Waals surface area (Å²) in [5.74, 6) is 0.396. The van der Waals surface area contributed by atoms with Gasteiger partial charge in [-0.25, -0.2) is 4.79 Å². The van der Waals surface area contributed by atoms with E-state index in [1.807, 2.05) is 11.8 Å². The number of hydrogen-bond acceptors (Lipinski definition) is 4. The highest BCUT2D eigenvalue weighted by molar-refractivity contribution is 5.95. The lowest BCUT2D eigenvalue weighted by Crippen LogP contribution is -2.42. The number of carboxylic acids is 1. The van der Waals surface area contributed by atoms with Crippen molar-refractivity contribution in [2.24, 2.45) is 0 Å². The number of amides is 1. The van der Waals surface area contributed by atoms with Crippen molar-refractivity contribution in [2.75, 3.05) is 24.7 Å². The van der Waals surface area contributed by atoms with Crippen LogP contribution < -0.4 is 9.64 Å². The van der Waals surface area contributed by atoms with Gasteiger partial charge in [-0.2, -0.15) is 0 Å². The van der Waals surface area contributed by atoms with Crippen molar-refractivity contribution in [3.05, 3.63) is 41.1 Å². The number of fused-ring (bicyclic) bond motifs is 1. The Balaban J connectivity index is 1.65. The minimum atomic E-state index is -0.953. The Kier molecular flexibility index (Phi) is 3.23. The van der Waals surface area contributed by atoms with Crippen molar-refractivity contribution in [2.45, 2.75) is 13.3 Å². The average molecular weight is 327 g/mol. The molecule has 3 heterocycles. The Hall–Kier alpha value is -2.96. The molecular formula is C17H17N3O4. The SMILES string of the molecule is Cc1cc(C(=O)O)ccc1N1COc2cc(C(=O)N3CCC3)[nH]c21. The lowest BCUT2D eigenvalue weighted by Gasteiger charge is -2.30. The Morgan fingerprint density at radius 3 is 2.67 bits per heavy atom. The number of aromatic carboxylic acids is 1. The van der Waals surface area contributed by atoms with E-state index in [9.17, 15) is 9.59 Å². The van der Waals surface area contributed by atoms with Crippen LogP contribution in [-0.4, -0.2) is 46.7 Å². The van der Waals surface area contributed by atoms with Crippen LogP contribution >= 0.6 is 0 Å². The van der Waals surface area contributed by atoms with Crippen molar-refractivity contribution in [1.82, 2.24) is 9.88 Å². The van der Waals surface area contributed by atoms with E-state index >= 15 is 0 Å². The monoisotopic (exact) mass is 327 g/mol. The van der Waals surface area contributed by atoms with E-state index in [1.165, 1.54) is 0 Å². The highest BCUT2D eigenvalue weighted by Crippen LogP contribution is 2.40. The average Bonchev–Trinajstić information content (AvgIpc) is 3.05. The Labute approximate surface area is 138 Å². The second kappa shape index (κ2) is 5.30. The van der Waals surface area contributed by atoms with Gasteiger partial charge in [0, 0.05) is 24.8 Å². The molecule has 1 amide bonds. The lowest BCUT2D eigenvalue weighted by molar-refractivity contribution is 0.0644. The lowest BCUT2D eigenvalue weighted by atomic mass is 10.1. The first-order valence-electron chi connectivity index (χ1n) is 7.81. The van der Waals surface area contributed by atoms with Crippen LogP contribution in [0.2, 0.25) is 0 Å². The number of nitrogens with zero attached hydrogens (tertiary/aromatic N) is 2. The molecule has 124 valence electrons. The number of benzene rings is 1. The van der Waals surface area contributed by atoms with Gasteiger partial charge >= 0.3 is 5.97 Å². The summed E-state index contributed by atoms with van der Waals surface area (Å²) >= 11 is 0. The number of H-pyrrole nitrogens is 1. The largest absolute Gasteiger partial charge is 0.478 e. The second-order valence-corrected chi connectivity index (χ2v) is 6.05. The second-order valence-electron chi connectivity index (χ2n) is 6.05. The van der Waals surface area contributed by atoms with Crippen LogP contribution in [0.5, 0.6) is 5.75 Å². The molecule has 24 heavy (non-hydrogen) atoms. The van der Waals surface area contributed by atoms with Crippen molar-refractivity contribution < 1.29 is 19.4 Å². The summed E-state index contributed by atoms with van der Waals surface area (Å²) in [4.78, 5) is 30.2. The number of likely N-dealkylation sites (tertiary alicyclic amines) is 1. The van der Waals surface area contributed by atoms with Crippen LogP contribution in [0.3, 0.4) is 0 Å². The molecule has 1 aromatic carbocycles. The van der Waals surface area contributed by atoms with Crippen LogP contribution in [-0.2, 0) is 0 Å². The zero-order chi connectivity index (χ0) is 16.8. The fraction of sp³-hybridized carbons (Fsp3) is 0.294. The van der Waals surface area contributed by atoms with Gasteiger partial charge in [0.2, 0.25) is 0 Å². The molecule has 0 atom stereocenters. The van der Waals surface area contributed by atoms with E-state index in [2.05, 4.69) is 4.98 Å². The van der Waals surface area contributed by atoms with Gasteiger partial charge < -0.3 is 19.7 Å². The van der Waals surface area contributed by atoms with E-state index in [0.717, 1.165) is 36.6 Å². The Morgan fingerprint density at radius 2 is 2.04 bits per heavy atom. The number of carboxylic acid groups (broad SMARTS) is 1. The molecule has 0 bridgehead atoms. The van der Waals surface area contributed by atoms with Crippen molar-refractivity contribution in [3.63, 3.8) is 0 Å². The number of rotatable bonds is 3. The number of nitrogens with one attached hydrogen (secondary N) is 1. The summed E-state index contributed by atoms with van der Waals surface area (Å²) in [7, 11) is 0. The summed E-state index contributed by atoms with van der Waals surface area (Å²) in [6.45, 7) is 3.77. The molecule has 0 saturated carbocycles. The first-order valence-corrected chi connectivity index (χ1v) is 7.81. The zero-order valence-electron chi connectivity index (χ0n) is 13.2. The quantitative estimate of drug-likeness (QED) is 0.904. The first kappa shape index (κ1) is 14.6. The van der Waals surface area contributed by atoms with Crippen LogP contribution in [0.15, 0.2) is 24.3 Å². The van der Waals surface area contributed by atoms with Crippen molar-refractivity contribution in [1.29, 1.82) is 0 Å². The topological polar surface area (TPSA) is 85.9 Å². The summed E-state index contributed by atoms with van der Waals surface area (Å²) in [6, 6.07) is 6.69. The van der Waals surface area contributed by atoms with Crippen LogP contribution in [0.4, 0.5) is 11.5 Å². The number of aromatic amines is 1. The molecule has 0 radical (unpaired) electrons. The van der Waals surface area contributed by atoms with Gasteiger partial charge in [-0.15, -0.1) is 0 Å². The maximum absolute atomic E-state index is 12.3. The molecule has 2 aliphatic heterocycles. The molecule has 0 aliphatic carbocycles. The molecule has 1 saturated heterocycles. The number of hydrogen-bond donors (Lipinski definition) is 2. The highest BCUT2D eigenvalue weighted by Gasteiger charge is 2.30. The fourth-order valence-corrected chi connectivity index (χ4v) is 3.02. The van der Waals surface area contributed by atoms with Gasteiger partial charge in [-0.3, -0.25) is 9.69 Å². The number of carbonyl (C=O) groups excluding carboxylic acids is 1. The fourth-order valence-electron chi connectivity index (χ4n) is 3.02. The minimum Gasteiger partial charge on any atom is -0.478 e. The minimum absolute atomic E-state index is 0.0165. The summed E-state index contributed by atoms with van der Waals surface area (Å²) in [6.07, 6.45) is 1.05. The predicted octanol–water partition coefficient (Wildman–Crippen LogP) is 2.36. The maximum atomic E-state index is 12.3. The van der Waals surface area contributed by atoms with E-state index in [1.54, 1.807) is 29.2 Å². The molecule has 2 N–H and O–H groups in total. The number of ether oxygens (including phenoxy) is 1. The van der Waals surface area contributed by atoms with Gasteiger partial charge in [0.1, 0.15) is 5.69 Å². The summed E-state index contributed by atoms with van der Waals surface area (Å²) in [5, 5.41) is 9.08. The zero-order valence-corrected chi connectivity index (χ0v) is 13.2. The number of aromatic nitrogens is 1. The molecule has 0 unspecified atom stereocenters. The number of anilines is 2. The van der Waals surface area contributed by atoms with E-state index in [4.69, 9.17) is 9.84 Å². The van der Waals surface area contributed by atoms with Crippen molar-refractivity contribution in [3.8, 4) is 5.75 Å². The normalized spacial score (nSPS) is 15.7. The molecule has 7 nitrogen and oxygen atoms in total. The molecular weight excluding hydrogens is 310 g/mol. The number of carbonyl (C=O) groups is 2. The Bertz CT molecular complexity index is 838. The third-order valence-corrected chi connectivity index (χ3v) is 4.49. The standard InChI is InChI=1S/C17H17N3O4/c1-10-7-11(17(22)23)3-4-13(10)20-9-24-14-8-12(18-15(14)20)16(21)19-5-2-6-19/h3-4,7-8,18H,2,5-6,9H2,1H3,(H,22,23). The first-order chi connectivity index (χ1) is 11.5. The molecule has 2 aromatic rings. The van der Waals surface area contributed by atoms with Crippen molar-refractivity contribution >= 4 is 23.4 Å². The molecule has 1 fully saturated rings. The molecule has 4 rings (SSSR count). The van der Waals surface area contributed by atoms with E-state index in [-0.39, 0.29) is 11.5 Å².